The van der Waals surface area contributed by atoms with Crippen molar-refractivity contribution in [2.24, 2.45) is 0 Å². The summed E-state index contributed by atoms with van der Waals surface area (Å²) in [5.74, 6) is -0.279. The maximum Gasteiger partial charge on any atom is 0.123 e. The van der Waals surface area contributed by atoms with E-state index in [2.05, 4.69) is 10.3 Å². The summed E-state index contributed by atoms with van der Waals surface area (Å²) in [6, 6.07) is 6.08. The minimum atomic E-state index is -0.279. The molecule has 1 heterocycles. The molecule has 2 nitrogen and oxygen atoms in total. The van der Waals surface area contributed by atoms with Gasteiger partial charge in [0.1, 0.15) is 5.82 Å². The smallest absolute Gasteiger partial charge is 0.123 e. The summed E-state index contributed by atoms with van der Waals surface area (Å²) in [4.78, 5) is 4.30. The van der Waals surface area contributed by atoms with Gasteiger partial charge < -0.3 is 5.32 Å². The lowest BCUT2D eigenvalue weighted by atomic mass is 9.98. The third kappa shape index (κ3) is 3.29. The van der Waals surface area contributed by atoms with Crippen LogP contribution in [0.15, 0.2) is 30.5 Å². The summed E-state index contributed by atoms with van der Waals surface area (Å²) in [6.45, 7) is 4.62. The van der Waals surface area contributed by atoms with E-state index in [0.29, 0.717) is 22.3 Å². The number of rotatable bonds is 4. The first kappa shape index (κ1) is 15.2. The van der Waals surface area contributed by atoms with Crippen LogP contribution in [-0.4, -0.2) is 11.5 Å². The van der Waals surface area contributed by atoms with Gasteiger partial charge in [0.05, 0.1) is 21.8 Å². The number of benzene rings is 1. The van der Waals surface area contributed by atoms with Gasteiger partial charge in [0.2, 0.25) is 0 Å². The molecule has 0 radical (unpaired) electrons. The number of nitrogens with one attached hydrogen (secondary N) is 1. The summed E-state index contributed by atoms with van der Waals surface area (Å²) < 4.78 is 13.5. The van der Waals surface area contributed by atoms with E-state index in [1.165, 1.54) is 12.1 Å². The second-order valence-corrected chi connectivity index (χ2v) is 5.36. The highest BCUT2D eigenvalue weighted by molar-refractivity contribution is 6.34. The molecule has 0 saturated carbocycles. The van der Waals surface area contributed by atoms with Crippen LogP contribution in [0.3, 0.4) is 0 Å². The molecule has 1 aromatic heterocycles. The molecule has 1 atom stereocenters. The molecule has 106 valence electrons. The van der Waals surface area contributed by atoms with E-state index < -0.39 is 0 Å². The quantitative estimate of drug-likeness (QED) is 0.896. The van der Waals surface area contributed by atoms with Crippen LogP contribution in [-0.2, 0) is 0 Å². The average Bonchev–Trinajstić information content (AvgIpc) is 2.40. The van der Waals surface area contributed by atoms with Crippen LogP contribution in [0.25, 0.3) is 0 Å². The molecule has 0 amide bonds. The molecule has 1 unspecified atom stereocenters. The number of aryl methyl sites for hydroxylation is 1. The van der Waals surface area contributed by atoms with Gasteiger partial charge in [-0.3, -0.25) is 4.98 Å². The van der Waals surface area contributed by atoms with Crippen molar-refractivity contribution in [1.82, 2.24) is 10.3 Å². The maximum atomic E-state index is 13.5. The number of hydrogen-bond donors (Lipinski definition) is 1. The van der Waals surface area contributed by atoms with Crippen molar-refractivity contribution in [3.8, 4) is 0 Å². The SMILES string of the molecule is CCNC(c1cc(F)ccc1C)c1ncc(Cl)cc1Cl. The molecule has 1 N–H and O–H groups in total. The average molecular weight is 313 g/mol. The van der Waals surface area contributed by atoms with Crippen LogP contribution in [0.5, 0.6) is 0 Å². The monoisotopic (exact) mass is 312 g/mol. The van der Waals surface area contributed by atoms with E-state index in [4.69, 9.17) is 23.2 Å². The highest BCUT2D eigenvalue weighted by Gasteiger charge is 2.20. The highest BCUT2D eigenvalue weighted by atomic mass is 35.5. The Balaban J connectivity index is 2.53. The lowest BCUT2D eigenvalue weighted by Crippen LogP contribution is -2.24. The lowest BCUT2D eigenvalue weighted by Gasteiger charge is -2.21. The van der Waals surface area contributed by atoms with Crippen molar-refractivity contribution in [3.05, 3.63) is 63.1 Å². The summed E-state index contributed by atoms with van der Waals surface area (Å²) >= 11 is 12.1. The molecule has 0 aliphatic heterocycles. The Morgan fingerprint density at radius 1 is 1.30 bits per heavy atom. The van der Waals surface area contributed by atoms with Gasteiger partial charge in [0, 0.05) is 6.20 Å². The Morgan fingerprint density at radius 3 is 2.70 bits per heavy atom. The number of pyridine rings is 1. The fourth-order valence-electron chi connectivity index (χ4n) is 2.12. The van der Waals surface area contributed by atoms with Crippen molar-refractivity contribution in [1.29, 1.82) is 0 Å². The number of nitrogens with zero attached hydrogens (tertiary/aromatic N) is 1. The fourth-order valence-corrected chi connectivity index (χ4v) is 2.61. The van der Waals surface area contributed by atoms with E-state index in [1.54, 1.807) is 18.3 Å². The van der Waals surface area contributed by atoms with E-state index in [0.717, 1.165) is 11.1 Å². The zero-order chi connectivity index (χ0) is 14.7. The predicted octanol–water partition coefficient (Wildman–Crippen LogP) is 4.53. The predicted molar refractivity (Wildman–Crippen MR) is 80.9 cm³/mol. The molecule has 0 saturated heterocycles. The van der Waals surface area contributed by atoms with Gasteiger partial charge in [-0.1, -0.05) is 36.2 Å². The van der Waals surface area contributed by atoms with Gasteiger partial charge in [-0.05, 0) is 42.8 Å². The highest BCUT2D eigenvalue weighted by Crippen LogP contribution is 2.30. The first-order chi connectivity index (χ1) is 9.52. The molecule has 0 fully saturated rings. The lowest BCUT2D eigenvalue weighted by molar-refractivity contribution is 0.593. The fraction of sp³-hybridized carbons (Fsp3) is 0.267. The van der Waals surface area contributed by atoms with Gasteiger partial charge in [-0.15, -0.1) is 0 Å². The number of aromatic nitrogens is 1. The van der Waals surface area contributed by atoms with E-state index in [9.17, 15) is 4.39 Å². The largest absolute Gasteiger partial charge is 0.305 e. The van der Waals surface area contributed by atoms with Gasteiger partial charge >= 0.3 is 0 Å². The molecule has 20 heavy (non-hydrogen) atoms. The second-order valence-electron chi connectivity index (χ2n) is 4.51. The minimum Gasteiger partial charge on any atom is -0.305 e. The zero-order valence-corrected chi connectivity index (χ0v) is 12.8. The van der Waals surface area contributed by atoms with Crippen LogP contribution in [0.2, 0.25) is 10.0 Å². The first-order valence-corrected chi connectivity index (χ1v) is 7.09. The Kier molecular flexibility index (Phi) is 4.97. The minimum absolute atomic E-state index is 0.263. The van der Waals surface area contributed by atoms with Gasteiger partial charge in [-0.2, -0.15) is 0 Å². The molecule has 1 aromatic carbocycles. The molecule has 2 aromatic rings. The molecule has 5 heteroatoms. The van der Waals surface area contributed by atoms with Gasteiger partial charge in [0.15, 0.2) is 0 Å². The Morgan fingerprint density at radius 2 is 2.05 bits per heavy atom. The first-order valence-electron chi connectivity index (χ1n) is 6.33. The molecule has 2 rings (SSSR count). The Labute approximate surface area is 127 Å². The van der Waals surface area contributed by atoms with Crippen LogP contribution in [0, 0.1) is 12.7 Å². The third-order valence-corrected chi connectivity index (χ3v) is 3.58. The molecule has 0 bridgehead atoms. The zero-order valence-electron chi connectivity index (χ0n) is 11.3. The normalized spacial score (nSPS) is 12.4. The Bertz CT molecular complexity index is 617. The molecule has 0 aliphatic carbocycles. The topological polar surface area (TPSA) is 24.9 Å². The van der Waals surface area contributed by atoms with E-state index in [1.807, 2.05) is 13.8 Å². The van der Waals surface area contributed by atoms with Crippen molar-refractivity contribution in [2.75, 3.05) is 6.54 Å². The number of halogens is 3. The van der Waals surface area contributed by atoms with Crippen molar-refractivity contribution >= 4 is 23.2 Å². The second kappa shape index (κ2) is 6.53. The van der Waals surface area contributed by atoms with E-state index in [-0.39, 0.29) is 11.9 Å². The van der Waals surface area contributed by atoms with Crippen molar-refractivity contribution in [3.63, 3.8) is 0 Å². The summed E-state index contributed by atoms with van der Waals surface area (Å²) in [5, 5.41) is 4.23. The van der Waals surface area contributed by atoms with Crippen LogP contribution < -0.4 is 5.32 Å². The Hall–Kier alpha value is -1.16. The van der Waals surface area contributed by atoms with Crippen molar-refractivity contribution < 1.29 is 4.39 Å². The summed E-state index contributed by atoms with van der Waals surface area (Å²) in [5.41, 5.74) is 2.44. The van der Waals surface area contributed by atoms with Gasteiger partial charge in [0.25, 0.3) is 0 Å². The maximum absolute atomic E-state index is 13.5. The van der Waals surface area contributed by atoms with Crippen LogP contribution >= 0.6 is 23.2 Å². The van der Waals surface area contributed by atoms with Gasteiger partial charge in [-0.25, -0.2) is 4.39 Å². The van der Waals surface area contributed by atoms with E-state index >= 15 is 0 Å². The molecule has 0 spiro atoms. The number of hydrogen-bond acceptors (Lipinski definition) is 2. The molecule has 0 aliphatic rings. The standard InChI is InChI=1S/C15H15Cl2FN2/c1-3-19-14(12-7-11(18)5-4-9(12)2)15-13(17)6-10(16)8-20-15/h4-8,14,19H,3H2,1-2H3. The molecular weight excluding hydrogens is 298 g/mol. The summed E-state index contributed by atoms with van der Waals surface area (Å²) in [7, 11) is 0. The third-order valence-electron chi connectivity index (χ3n) is 3.07. The summed E-state index contributed by atoms with van der Waals surface area (Å²) in [6.07, 6.45) is 1.54. The van der Waals surface area contributed by atoms with Crippen LogP contribution in [0.4, 0.5) is 4.39 Å². The van der Waals surface area contributed by atoms with Crippen LogP contribution in [0.1, 0.15) is 29.8 Å². The molecular formula is C15H15Cl2FN2. The van der Waals surface area contributed by atoms with Crippen molar-refractivity contribution in [2.45, 2.75) is 19.9 Å².